The highest BCUT2D eigenvalue weighted by Gasteiger charge is 2.30. The van der Waals surface area contributed by atoms with Gasteiger partial charge in [-0.25, -0.2) is 0 Å². The quantitative estimate of drug-likeness (QED) is 0.432. The first-order chi connectivity index (χ1) is 8.15. The third-order valence-electron chi connectivity index (χ3n) is 2.86. The van der Waals surface area contributed by atoms with Crippen molar-refractivity contribution >= 4 is 0 Å². The van der Waals surface area contributed by atoms with E-state index in [1.807, 2.05) is 18.2 Å². The van der Waals surface area contributed by atoms with Gasteiger partial charge in [0.1, 0.15) is 5.75 Å². The van der Waals surface area contributed by atoms with Crippen LogP contribution in [0.3, 0.4) is 0 Å². The molecule has 0 aliphatic rings. The van der Waals surface area contributed by atoms with E-state index in [0.717, 1.165) is 5.56 Å². The van der Waals surface area contributed by atoms with E-state index in [-0.39, 0.29) is 10.8 Å². The Morgan fingerprint density at radius 3 is 2.65 bits per heavy atom. The Balaban J connectivity index is 3.16. The summed E-state index contributed by atoms with van der Waals surface area (Å²) in [4.78, 5) is 10.8. The fourth-order valence-electron chi connectivity index (χ4n) is 1.97. The van der Waals surface area contributed by atoms with Crippen molar-refractivity contribution in [2.75, 3.05) is 7.11 Å². The van der Waals surface area contributed by atoms with Gasteiger partial charge in [0.2, 0.25) is 6.04 Å². The fourth-order valence-corrected chi connectivity index (χ4v) is 1.97. The van der Waals surface area contributed by atoms with Gasteiger partial charge in [-0.15, -0.1) is 6.58 Å². The van der Waals surface area contributed by atoms with Crippen molar-refractivity contribution in [1.29, 1.82) is 0 Å². The average Bonchev–Trinajstić information content (AvgIpc) is 2.35. The Labute approximate surface area is 101 Å². The summed E-state index contributed by atoms with van der Waals surface area (Å²) in [6.07, 6.45) is 2.08. The number of nitro groups is 1. The van der Waals surface area contributed by atoms with Gasteiger partial charge < -0.3 is 4.74 Å². The molecule has 0 spiro atoms. The molecule has 0 heterocycles. The van der Waals surface area contributed by atoms with Crippen molar-refractivity contribution in [1.82, 2.24) is 0 Å². The summed E-state index contributed by atoms with van der Waals surface area (Å²) in [5.74, 6) is 0.337. The third-order valence-corrected chi connectivity index (χ3v) is 2.86. The number of hydrogen-bond acceptors (Lipinski definition) is 3. The lowest BCUT2D eigenvalue weighted by Crippen LogP contribution is -2.26. The first-order valence-corrected chi connectivity index (χ1v) is 5.54. The zero-order chi connectivity index (χ0) is 12.8. The molecule has 0 aliphatic heterocycles. The topological polar surface area (TPSA) is 52.4 Å². The summed E-state index contributed by atoms with van der Waals surface area (Å²) in [5.41, 5.74) is 0.813. The zero-order valence-corrected chi connectivity index (χ0v) is 10.1. The number of methoxy groups -OCH3 is 1. The second-order valence-corrected chi connectivity index (χ2v) is 3.76. The molecular weight excluding hydrogens is 218 g/mol. The van der Waals surface area contributed by atoms with Gasteiger partial charge >= 0.3 is 0 Å². The van der Waals surface area contributed by atoms with Gasteiger partial charge in [0.05, 0.1) is 13.0 Å². The largest absolute Gasteiger partial charge is 0.496 e. The number of ether oxygens (including phenoxy) is 1. The van der Waals surface area contributed by atoms with Crippen LogP contribution in [0.25, 0.3) is 0 Å². The Morgan fingerprint density at radius 2 is 2.18 bits per heavy atom. The molecule has 0 amide bonds. The molecule has 0 saturated carbocycles. The molecule has 92 valence electrons. The maximum Gasteiger partial charge on any atom is 0.223 e. The molecule has 4 nitrogen and oxygen atoms in total. The van der Waals surface area contributed by atoms with Crippen molar-refractivity contribution in [3.8, 4) is 5.75 Å². The molecule has 1 aromatic rings. The van der Waals surface area contributed by atoms with Crippen LogP contribution in [0.15, 0.2) is 36.9 Å². The molecule has 0 aromatic heterocycles. The zero-order valence-electron chi connectivity index (χ0n) is 10.1. The van der Waals surface area contributed by atoms with Crippen LogP contribution in [0.5, 0.6) is 5.75 Å². The molecule has 17 heavy (non-hydrogen) atoms. The Bertz CT molecular complexity index is 403. The van der Waals surface area contributed by atoms with Crippen molar-refractivity contribution < 1.29 is 9.66 Å². The third kappa shape index (κ3) is 2.84. The summed E-state index contributed by atoms with van der Waals surface area (Å²) in [6.45, 7) is 5.51. The number of hydrogen-bond donors (Lipinski definition) is 0. The van der Waals surface area contributed by atoms with Gasteiger partial charge in [0.15, 0.2) is 0 Å². The highest BCUT2D eigenvalue weighted by Crippen LogP contribution is 2.31. The molecule has 0 saturated heterocycles. The average molecular weight is 235 g/mol. The maximum atomic E-state index is 11.0. The monoisotopic (exact) mass is 235 g/mol. The van der Waals surface area contributed by atoms with Crippen LogP contribution in [-0.2, 0) is 0 Å². The van der Waals surface area contributed by atoms with Crippen molar-refractivity contribution in [2.24, 2.45) is 0 Å². The SMILES string of the molecule is C=C[C@H](c1ccccc1OC)[C@@H](CC)[N+](=O)[O-]. The van der Waals surface area contributed by atoms with Crippen LogP contribution in [0.4, 0.5) is 0 Å². The summed E-state index contributed by atoms with van der Waals surface area (Å²) in [7, 11) is 1.56. The van der Waals surface area contributed by atoms with E-state index >= 15 is 0 Å². The first-order valence-electron chi connectivity index (χ1n) is 5.54. The van der Waals surface area contributed by atoms with Crippen molar-refractivity contribution in [2.45, 2.75) is 25.3 Å². The second kappa shape index (κ2) is 6.03. The van der Waals surface area contributed by atoms with Crippen molar-refractivity contribution in [3.05, 3.63) is 52.6 Å². The lowest BCUT2D eigenvalue weighted by molar-refractivity contribution is -0.525. The van der Waals surface area contributed by atoms with E-state index in [9.17, 15) is 10.1 Å². The highest BCUT2D eigenvalue weighted by atomic mass is 16.6. The van der Waals surface area contributed by atoms with E-state index < -0.39 is 6.04 Å². The predicted molar refractivity (Wildman–Crippen MR) is 67.0 cm³/mol. The molecule has 0 N–H and O–H groups in total. The lowest BCUT2D eigenvalue weighted by atomic mass is 9.89. The molecule has 0 radical (unpaired) electrons. The smallest absolute Gasteiger partial charge is 0.223 e. The number of para-hydroxylation sites is 1. The van der Waals surface area contributed by atoms with E-state index in [1.165, 1.54) is 0 Å². The Morgan fingerprint density at radius 1 is 1.53 bits per heavy atom. The second-order valence-electron chi connectivity index (χ2n) is 3.76. The van der Waals surface area contributed by atoms with Crippen molar-refractivity contribution in [3.63, 3.8) is 0 Å². The standard InChI is InChI=1S/C13H17NO3/c1-4-10(12(5-2)14(15)16)11-8-6-7-9-13(11)17-3/h4,6-10,12H,1,5H2,2-3H3/t10-,12-/m1/s1. The van der Waals surface area contributed by atoms with E-state index in [2.05, 4.69) is 6.58 Å². The molecule has 0 unspecified atom stereocenters. The summed E-state index contributed by atoms with van der Waals surface area (Å²) >= 11 is 0. The van der Waals surface area contributed by atoms with Gasteiger partial charge in [-0.3, -0.25) is 10.1 Å². The molecule has 4 heteroatoms. The van der Waals surface area contributed by atoms with E-state index in [0.29, 0.717) is 12.2 Å². The summed E-state index contributed by atoms with van der Waals surface area (Å²) in [5, 5.41) is 11.0. The molecular formula is C13H17NO3. The van der Waals surface area contributed by atoms with Gasteiger partial charge in [-0.05, 0) is 6.07 Å². The highest BCUT2D eigenvalue weighted by molar-refractivity contribution is 5.38. The van der Waals surface area contributed by atoms with E-state index in [1.54, 1.807) is 26.2 Å². The number of rotatable bonds is 6. The number of benzene rings is 1. The fraction of sp³-hybridized carbons (Fsp3) is 0.385. The van der Waals surface area contributed by atoms with Gasteiger partial charge in [-0.2, -0.15) is 0 Å². The van der Waals surface area contributed by atoms with Crippen LogP contribution < -0.4 is 4.74 Å². The van der Waals surface area contributed by atoms with Crippen LogP contribution in [-0.4, -0.2) is 18.1 Å². The molecule has 2 atom stereocenters. The molecule has 1 aromatic carbocycles. The maximum absolute atomic E-state index is 11.0. The number of nitrogens with zero attached hydrogens (tertiary/aromatic N) is 1. The minimum absolute atomic E-state index is 0.251. The lowest BCUT2D eigenvalue weighted by Gasteiger charge is -2.19. The predicted octanol–water partition coefficient (Wildman–Crippen LogP) is 3.02. The molecule has 1 rings (SSSR count). The molecule has 0 fully saturated rings. The van der Waals surface area contributed by atoms with Crippen LogP contribution in [0.1, 0.15) is 24.8 Å². The minimum atomic E-state index is -0.663. The van der Waals surface area contributed by atoms with E-state index in [4.69, 9.17) is 4.74 Å². The first kappa shape index (κ1) is 13.2. The van der Waals surface area contributed by atoms with Crippen LogP contribution in [0.2, 0.25) is 0 Å². The molecule has 0 aliphatic carbocycles. The van der Waals surface area contributed by atoms with Gasteiger partial charge in [0, 0.05) is 16.9 Å². The Kier molecular flexibility index (Phi) is 4.69. The molecule has 0 bridgehead atoms. The van der Waals surface area contributed by atoms with Crippen LogP contribution in [0, 0.1) is 10.1 Å². The summed E-state index contributed by atoms with van der Waals surface area (Å²) < 4.78 is 5.23. The van der Waals surface area contributed by atoms with Gasteiger partial charge in [-0.1, -0.05) is 31.2 Å². The van der Waals surface area contributed by atoms with Crippen LogP contribution >= 0.6 is 0 Å². The Hall–Kier alpha value is -1.84. The normalized spacial score (nSPS) is 13.8. The minimum Gasteiger partial charge on any atom is -0.496 e. The van der Waals surface area contributed by atoms with Gasteiger partial charge in [0.25, 0.3) is 0 Å². The summed E-state index contributed by atoms with van der Waals surface area (Å²) in [6, 6.07) is 6.68.